The molecule has 0 radical (unpaired) electrons. The summed E-state index contributed by atoms with van der Waals surface area (Å²) in [5, 5.41) is 5.86. The van der Waals surface area contributed by atoms with E-state index in [1.807, 2.05) is 6.92 Å². The molecule has 0 spiro atoms. The highest BCUT2D eigenvalue weighted by atomic mass is 16.1. The van der Waals surface area contributed by atoms with Gasteiger partial charge in [-0.15, -0.1) is 0 Å². The summed E-state index contributed by atoms with van der Waals surface area (Å²) in [4.78, 5) is 13.2. The Balaban J connectivity index is 3.09. The van der Waals surface area contributed by atoms with E-state index in [4.69, 9.17) is 0 Å². The lowest BCUT2D eigenvalue weighted by Gasteiger charge is -2.09. The molecular formula is C10H23N3O. The van der Waals surface area contributed by atoms with Crippen LogP contribution < -0.4 is 10.6 Å². The Kier molecular flexibility index (Phi) is 8.57. The second-order valence-corrected chi connectivity index (χ2v) is 3.64. The molecule has 0 bridgehead atoms. The molecule has 0 aliphatic heterocycles. The van der Waals surface area contributed by atoms with Crippen LogP contribution in [0.1, 0.15) is 19.8 Å². The first-order valence-corrected chi connectivity index (χ1v) is 5.29. The molecule has 14 heavy (non-hydrogen) atoms. The monoisotopic (exact) mass is 201 g/mol. The summed E-state index contributed by atoms with van der Waals surface area (Å²) in [5.41, 5.74) is 0. The van der Waals surface area contributed by atoms with Crippen molar-refractivity contribution in [3.05, 3.63) is 0 Å². The van der Waals surface area contributed by atoms with E-state index in [0.717, 1.165) is 19.5 Å². The number of nitrogens with zero attached hydrogens (tertiary/aromatic N) is 1. The van der Waals surface area contributed by atoms with Crippen LogP contribution in [0.15, 0.2) is 0 Å². The van der Waals surface area contributed by atoms with Crippen LogP contribution in [-0.4, -0.2) is 51.1 Å². The number of amides is 1. The molecule has 4 nitrogen and oxygen atoms in total. The first kappa shape index (κ1) is 13.4. The minimum atomic E-state index is 0.0834. The van der Waals surface area contributed by atoms with Crippen LogP contribution in [0.4, 0.5) is 0 Å². The summed E-state index contributed by atoms with van der Waals surface area (Å²) in [6.45, 7) is 5.11. The van der Waals surface area contributed by atoms with E-state index in [1.54, 1.807) is 0 Å². The van der Waals surface area contributed by atoms with E-state index < -0.39 is 0 Å². The van der Waals surface area contributed by atoms with Crippen molar-refractivity contribution in [2.45, 2.75) is 19.8 Å². The highest BCUT2D eigenvalue weighted by Crippen LogP contribution is 1.88. The van der Waals surface area contributed by atoms with Gasteiger partial charge in [0.05, 0.1) is 6.54 Å². The van der Waals surface area contributed by atoms with Crippen molar-refractivity contribution in [3.8, 4) is 0 Å². The predicted molar refractivity (Wildman–Crippen MR) is 59.3 cm³/mol. The molecule has 0 fully saturated rings. The smallest absolute Gasteiger partial charge is 0.233 e. The molecule has 0 atom stereocenters. The van der Waals surface area contributed by atoms with Gasteiger partial charge in [-0.2, -0.15) is 0 Å². The normalized spacial score (nSPS) is 10.6. The lowest BCUT2D eigenvalue weighted by molar-refractivity contribution is -0.120. The van der Waals surface area contributed by atoms with E-state index >= 15 is 0 Å². The van der Waals surface area contributed by atoms with Crippen molar-refractivity contribution in [2.75, 3.05) is 40.3 Å². The third kappa shape index (κ3) is 9.48. The van der Waals surface area contributed by atoms with Gasteiger partial charge < -0.3 is 15.5 Å². The second-order valence-electron chi connectivity index (χ2n) is 3.64. The van der Waals surface area contributed by atoms with Crippen LogP contribution in [0.3, 0.4) is 0 Å². The van der Waals surface area contributed by atoms with E-state index in [-0.39, 0.29) is 5.91 Å². The number of nitrogens with one attached hydrogen (secondary N) is 2. The Bertz CT molecular complexity index is 148. The predicted octanol–water partition coefficient (Wildman–Crippen LogP) is 0.0539. The number of rotatable bonds is 8. The number of carbonyl (C=O) groups excluding carboxylic acids is 1. The van der Waals surface area contributed by atoms with Crippen molar-refractivity contribution in [3.63, 3.8) is 0 Å². The first-order valence-electron chi connectivity index (χ1n) is 5.29. The van der Waals surface area contributed by atoms with E-state index in [2.05, 4.69) is 29.6 Å². The highest BCUT2D eigenvalue weighted by molar-refractivity contribution is 5.77. The summed E-state index contributed by atoms with van der Waals surface area (Å²) in [6.07, 6.45) is 2.30. The lowest BCUT2D eigenvalue weighted by Crippen LogP contribution is -2.34. The van der Waals surface area contributed by atoms with Gasteiger partial charge in [0.1, 0.15) is 0 Å². The van der Waals surface area contributed by atoms with Gasteiger partial charge in [-0.25, -0.2) is 0 Å². The Labute approximate surface area is 87.0 Å². The fourth-order valence-electron chi connectivity index (χ4n) is 1.14. The molecule has 0 aromatic heterocycles. The number of hydrogen-bond donors (Lipinski definition) is 2. The Hall–Kier alpha value is -0.610. The summed E-state index contributed by atoms with van der Waals surface area (Å²) in [6, 6.07) is 0. The maximum atomic E-state index is 11.0. The molecule has 0 saturated carbocycles. The average Bonchev–Trinajstić information content (AvgIpc) is 2.11. The quantitative estimate of drug-likeness (QED) is 0.546. The molecule has 0 aliphatic rings. The topological polar surface area (TPSA) is 44.4 Å². The van der Waals surface area contributed by atoms with Crippen molar-refractivity contribution in [2.24, 2.45) is 0 Å². The second kappa shape index (κ2) is 8.97. The van der Waals surface area contributed by atoms with E-state index in [1.165, 1.54) is 6.42 Å². The summed E-state index contributed by atoms with van der Waals surface area (Å²) in [7, 11) is 4.14. The average molecular weight is 201 g/mol. The molecule has 0 aromatic carbocycles. The molecule has 0 heterocycles. The largest absolute Gasteiger partial charge is 0.355 e. The van der Waals surface area contributed by atoms with Crippen molar-refractivity contribution in [1.29, 1.82) is 0 Å². The minimum absolute atomic E-state index is 0.0834. The summed E-state index contributed by atoms with van der Waals surface area (Å²) in [5.74, 6) is 0.0834. The molecule has 84 valence electrons. The zero-order valence-electron chi connectivity index (χ0n) is 9.60. The van der Waals surface area contributed by atoms with Gasteiger partial charge in [0.2, 0.25) is 5.91 Å². The number of likely N-dealkylation sites (N-methyl/N-ethyl adjacent to an activating group) is 1. The van der Waals surface area contributed by atoms with Crippen LogP contribution in [0.2, 0.25) is 0 Å². The van der Waals surface area contributed by atoms with Crippen molar-refractivity contribution in [1.82, 2.24) is 15.5 Å². The zero-order valence-corrected chi connectivity index (χ0v) is 9.60. The van der Waals surface area contributed by atoms with Gasteiger partial charge in [-0.05, 0) is 47.0 Å². The molecule has 2 N–H and O–H groups in total. The highest BCUT2D eigenvalue weighted by Gasteiger charge is 1.97. The molecule has 0 unspecified atom stereocenters. The van der Waals surface area contributed by atoms with Crippen LogP contribution in [0.5, 0.6) is 0 Å². The van der Waals surface area contributed by atoms with Crippen LogP contribution in [0, 0.1) is 0 Å². The number of unbranched alkanes of at least 4 members (excludes halogenated alkanes) is 1. The maximum Gasteiger partial charge on any atom is 0.233 e. The Morgan fingerprint density at radius 3 is 2.57 bits per heavy atom. The Morgan fingerprint density at radius 2 is 2.00 bits per heavy atom. The van der Waals surface area contributed by atoms with Gasteiger partial charge in [0.25, 0.3) is 0 Å². The van der Waals surface area contributed by atoms with Crippen molar-refractivity contribution < 1.29 is 4.79 Å². The number of hydrogen-bond acceptors (Lipinski definition) is 3. The zero-order chi connectivity index (χ0) is 10.8. The molecule has 0 aliphatic carbocycles. The van der Waals surface area contributed by atoms with Gasteiger partial charge in [-0.3, -0.25) is 4.79 Å². The molecule has 1 amide bonds. The van der Waals surface area contributed by atoms with E-state index in [9.17, 15) is 4.79 Å². The van der Waals surface area contributed by atoms with E-state index in [0.29, 0.717) is 13.1 Å². The van der Waals surface area contributed by atoms with Gasteiger partial charge in [-0.1, -0.05) is 0 Å². The van der Waals surface area contributed by atoms with Crippen LogP contribution in [-0.2, 0) is 4.79 Å². The molecule has 0 saturated heterocycles. The standard InChI is InChI=1S/C10H23N3O/c1-4-12-10(14)9-11-7-5-6-8-13(2)3/h11H,4-9H2,1-3H3,(H,12,14). The third-order valence-electron chi connectivity index (χ3n) is 1.87. The number of carbonyl (C=O) groups is 1. The van der Waals surface area contributed by atoms with Crippen LogP contribution in [0.25, 0.3) is 0 Å². The van der Waals surface area contributed by atoms with Gasteiger partial charge >= 0.3 is 0 Å². The summed E-state index contributed by atoms with van der Waals surface area (Å²) < 4.78 is 0. The third-order valence-corrected chi connectivity index (χ3v) is 1.87. The Morgan fingerprint density at radius 1 is 1.29 bits per heavy atom. The molecule has 4 heteroatoms. The first-order chi connectivity index (χ1) is 6.66. The van der Waals surface area contributed by atoms with Crippen LogP contribution >= 0.6 is 0 Å². The molecule has 0 aromatic rings. The lowest BCUT2D eigenvalue weighted by atomic mass is 10.3. The molecular weight excluding hydrogens is 178 g/mol. The fourth-order valence-corrected chi connectivity index (χ4v) is 1.14. The summed E-state index contributed by atoms with van der Waals surface area (Å²) >= 11 is 0. The fraction of sp³-hybridized carbons (Fsp3) is 0.900. The van der Waals surface area contributed by atoms with Gasteiger partial charge in [0, 0.05) is 6.54 Å². The molecule has 0 rings (SSSR count). The minimum Gasteiger partial charge on any atom is -0.355 e. The maximum absolute atomic E-state index is 11.0. The van der Waals surface area contributed by atoms with Crippen molar-refractivity contribution >= 4 is 5.91 Å². The SMILES string of the molecule is CCNC(=O)CNCCCCN(C)C. The van der Waals surface area contributed by atoms with Gasteiger partial charge in [0.15, 0.2) is 0 Å².